The van der Waals surface area contributed by atoms with Crippen LogP contribution in [0.2, 0.25) is 0 Å². The van der Waals surface area contributed by atoms with Gasteiger partial charge in [-0.25, -0.2) is 8.78 Å². The molecule has 2 aliphatic carbocycles. The molecule has 0 radical (unpaired) electrons. The molecule has 0 saturated heterocycles. The molecule has 0 aromatic heterocycles. The van der Waals surface area contributed by atoms with E-state index in [1.807, 2.05) is 0 Å². The fourth-order valence-electron chi connectivity index (χ4n) is 5.41. The molecule has 1 aromatic rings. The van der Waals surface area contributed by atoms with Crippen LogP contribution in [-0.2, 0) is 0 Å². The molecule has 0 amide bonds. The van der Waals surface area contributed by atoms with Crippen molar-refractivity contribution >= 4 is 0 Å². The van der Waals surface area contributed by atoms with Crippen molar-refractivity contribution in [1.29, 1.82) is 5.26 Å². The van der Waals surface area contributed by atoms with Gasteiger partial charge in [-0.1, -0.05) is 58.3 Å². The van der Waals surface area contributed by atoms with Gasteiger partial charge >= 0.3 is 0 Å². The maximum Gasteiger partial charge on any atom is 0.144 e. The Labute approximate surface area is 163 Å². The summed E-state index contributed by atoms with van der Waals surface area (Å²) >= 11 is 0. The highest BCUT2D eigenvalue weighted by molar-refractivity contribution is 5.36. The minimum Gasteiger partial charge on any atom is -0.205 e. The molecule has 0 N–H and O–H groups in total. The number of rotatable bonds is 6. The van der Waals surface area contributed by atoms with Gasteiger partial charge in [-0.3, -0.25) is 0 Å². The summed E-state index contributed by atoms with van der Waals surface area (Å²) < 4.78 is 27.8. The highest BCUT2D eigenvalue weighted by Gasteiger charge is 2.26. The van der Waals surface area contributed by atoms with Crippen LogP contribution in [0.1, 0.15) is 101 Å². The van der Waals surface area contributed by atoms with E-state index < -0.39 is 17.2 Å². The van der Waals surface area contributed by atoms with Gasteiger partial charge in [-0.15, -0.1) is 0 Å². The Hall–Kier alpha value is -1.43. The number of nitriles is 1. The zero-order chi connectivity index (χ0) is 19.2. The molecule has 2 saturated carbocycles. The van der Waals surface area contributed by atoms with Crippen LogP contribution in [0.25, 0.3) is 0 Å². The van der Waals surface area contributed by atoms with Gasteiger partial charge in [0, 0.05) is 0 Å². The van der Waals surface area contributed by atoms with E-state index in [0.29, 0.717) is 0 Å². The first-order chi connectivity index (χ1) is 13.1. The molecule has 0 aliphatic heterocycles. The Morgan fingerprint density at radius 2 is 1.26 bits per heavy atom. The van der Waals surface area contributed by atoms with Gasteiger partial charge in [0.15, 0.2) is 0 Å². The maximum atomic E-state index is 13.9. The standard InChI is InChI=1S/C24H33F2N/c1-2-3-17-4-6-18(7-5-17)8-9-19-10-12-20(13-11-19)21-14-23(25)22(16-27)24(26)15-21/h14-15,17-20H,2-13H2,1H3. The van der Waals surface area contributed by atoms with Crippen LogP contribution in [0.5, 0.6) is 0 Å². The van der Waals surface area contributed by atoms with Crippen molar-refractivity contribution in [2.24, 2.45) is 17.8 Å². The van der Waals surface area contributed by atoms with Crippen molar-refractivity contribution in [1.82, 2.24) is 0 Å². The van der Waals surface area contributed by atoms with Gasteiger partial charge in [-0.2, -0.15) is 5.26 Å². The van der Waals surface area contributed by atoms with Crippen LogP contribution >= 0.6 is 0 Å². The Morgan fingerprint density at radius 3 is 1.70 bits per heavy atom. The van der Waals surface area contributed by atoms with Crippen LogP contribution in [-0.4, -0.2) is 0 Å². The highest BCUT2D eigenvalue weighted by Crippen LogP contribution is 2.40. The van der Waals surface area contributed by atoms with Crippen molar-refractivity contribution in [3.05, 3.63) is 34.9 Å². The Morgan fingerprint density at radius 1 is 0.815 bits per heavy atom. The smallest absolute Gasteiger partial charge is 0.144 e. The molecule has 148 valence electrons. The second-order valence-corrected chi connectivity index (χ2v) is 8.94. The topological polar surface area (TPSA) is 23.8 Å². The lowest BCUT2D eigenvalue weighted by atomic mass is 9.74. The van der Waals surface area contributed by atoms with Crippen LogP contribution in [0.4, 0.5) is 8.78 Å². The lowest BCUT2D eigenvalue weighted by molar-refractivity contribution is 0.224. The van der Waals surface area contributed by atoms with Crippen LogP contribution in [0.3, 0.4) is 0 Å². The molecule has 0 spiro atoms. The molecule has 3 rings (SSSR count). The van der Waals surface area contributed by atoms with Crippen molar-refractivity contribution in [3.63, 3.8) is 0 Å². The third kappa shape index (κ3) is 5.31. The lowest BCUT2D eigenvalue weighted by Gasteiger charge is -2.32. The van der Waals surface area contributed by atoms with E-state index in [0.717, 1.165) is 36.2 Å². The van der Waals surface area contributed by atoms with E-state index in [1.54, 1.807) is 6.07 Å². The zero-order valence-corrected chi connectivity index (χ0v) is 16.7. The fourth-order valence-corrected chi connectivity index (χ4v) is 5.41. The molecule has 27 heavy (non-hydrogen) atoms. The molecular weight excluding hydrogens is 340 g/mol. The summed E-state index contributed by atoms with van der Waals surface area (Å²) in [6.45, 7) is 2.29. The SMILES string of the molecule is CCCC1CCC(CCC2CCC(c3cc(F)c(C#N)c(F)c3)CC2)CC1. The molecule has 1 nitrogen and oxygen atoms in total. The van der Waals surface area contributed by atoms with Gasteiger partial charge in [0.2, 0.25) is 0 Å². The monoisotopic (exact) mass is 373 g/mol. The second kappa shape index (κ2) is 9.67. The molecule has 0 heterocycles. The minimum absolute atomic E-state index is 0.238. The number of benzene rings is 1. The zero-order valence-electron chi connectivity index (χ0n) is 16.7. The quantitative estimate of drug-likeness (QED) is 0.506. The largest absolute Gasteiger partial charge is 0.205 e. The summed E-state index contributed by atoms with van der Waals surface area (Å²) in [7, 11) is 0. The van der Waals surface area contributed by atoms with Gasteiger partial charge in [0.25, 0.3) is 0 Å². The molecule has 0 bridgehead atoms. The number of hydrogen-bond donors (Lipinski definition) is 0. The van der Waals surface area contributed by atoms with Gasteiger partial charge in [0.1, 0.15) is 23.3 Å². The highest BCUT2D eigenvalue weighted by atomic mass is 19.1. The summed E-state index contributed by atoms with van der Waals surface area (Å²) in [5.41, 5.74) is 0.276. The first-order valence-corrected chi connectivity index (χ1v) is 11.0. The second-order valence-electron chi connectivity index (χ2n) is 8.94. The number of halogens is 2. The first-order valence-electron chi connectivity index (χ1n) is 11.0. The fraction of sp³-hybridized carbons (Fsp3) is 0.708. The molecular formula is C24H33F2N. The minimum atomic E-state index is -0.715. The Kier molecular flexibility index (Phi) is 7.27. The van der Waals surface area contributed by atoms with Crippen LogP contribution in [0.15, 0.2) is 12.1 Å². The van der Waals surface area contributed by atoms with E-state index in [4.69, 9.17) is 5.26 Å². The number of hydrogen-bond acceptors (Lipinski definition) is 1. The molecule has 2 fully saturated rings. The summed E-state index contributed by atoms with van der Waals surface area (Å²) in [6.07, 6.45) is 15.5. The average Bonchev–Trinajstić information content (AvgIpc) is 2.68. The summed E-state index contributed by atoms with van der Waals surface area (Å²) in [6, 6.07) is 4.36. The van der Waals surface area contributed by atoms with Crippen LogP contribution in [0, 0.1) is 40.7 Å². The average molecular weight is 374 g/mol. The lowest BCUT2D eigenvalue weighted by Crippen LogP contribution is -2.18. The van der Waals surface area contributed by atoms with E-state index in [1.165, 1.54) is 76.3 Å². The normalized spacial score (nSPS) is 28.7. The third-order valence-electron chi connectivity index (χ3n) is 7.14. The predicted octanol–water partition coefficient (Wildman–Crippen LogP) is 7.50. The summed E-state index contributed by atoms with van der Waals surface area (Å²) in [4.78, 5) is 0. The molecule has 0 atom stereocenters. The van der Waals surface area contributed by atoms with Crippen LogP contribution < -0.4 is 0 Å². The first kappa shape index (κ1) is 20.3. The van der Waals surface area contributed by atoms with E-state index >= 15 is 0 Å². The summed E-state index contributed by atoms with van der Waals surface area (Å²) in [5, 5.41) is 8.81. The predicted molar refractivity (Wildman–Crippen MR) is 105 cm³/mol. The van der Waals surface area contributed by atoms with E-state index in [9.17, 15) is 8.78 Å². The van der Waals surface area contributed by atoms with Crippen molar-refractivity contribution in [2.45, 2.75) is 89.9 Å². The van der Waals surface area contributed by atoms with Crippen molar-refractivity contribution < 1.29 is 8.78 Å². The summed E-state index contributed by atoms with van der Waals surface area (Å²) in [5.74, 6) is 1.50. The molecule has 1 aromatic carbocycles. The van der Waals surface area contributed by atoms with Crippen molar-refractivity contribution in [2.75, 3.05) is 0 Å². The van der Waals surface area contributed by atoms with Crippen molar-refractivity contribution in [3.8, 4) is 6.07 Å². The third-order valence-corrected chi connectivity index (χ3v) is 7.14. The maximum absolute atomic E-state index is 13.9. The van der Waals surface area contributed by atoms with E-state index in [-0.39, 0.29) is 5.92 Å². The number of nitrogens with zero attached hydrogens (tertiary/aromatic N) is 1. The Bertz CT molecular complexity index is 624. The van der Waals surface area contributed by atoms with Gasteiger partial charge in [-0.05, 0) is 67.1 Å². The van der Waals surface area contributed by atoms with Gasteiger partial charge < -0.3 is 0 Å². The van der Waals surface area contributed by atoms with Gasteiger partial charge in [0.05, 0.1) is 0 Å². The van der Waals surface area contributed by atoms with E-state index in [2.05, 4.69) is 6.92 Å². The Balaban J connectivity index is 1.43. The molecule has 3 heteroatoms. The molecule has 0 unspecified atom stereocenters. The molecule has 2 aliphatic rings.